The Balaban J connectivity index is 1.56. The van der Waals surface area contributed by atoms with Crippen molar-refractivity contribution >= 4 is 17.7 Å². The molecule has 2 bridgehead atoms. The van der Waals surface area contributed by atoms with Crippen LogP contribution in [0.3, 0.4) is 0 Å². The maximum absolute atomic E-state index is 13.6. The van der Waals surface area contributed by atoms with Gasteiger partial charge in [-0.3, -0.25) is 19.3 Å². The van der Waals surface area contributed by atoms with E-state index >= 15 is 0 Å². The summed E-state index contributed by atoms with van der Waals surface area (Å²) in [5.74, 6) is -2.03. The topological polar surface area (TPSA) is 120 Å². The normalized spacial score (nSPS) is 35.7. The minimum atomic E-state index is -1.03. The van der Waals surface area contributed by atoms with Crippen molar-refractivity contribution < 1.29 is 29.0 Å². The van der Waals surface area contributed by atoms with E-state index in [1.165, 1.54) is 4.90 Å². The number of likely N-dealkylation sites (tertiary alicyclic amines) is 1. The first-order chi connectivity index (χ1) is 15.9. The van der Waals surface area contributed by atoms with Crippen LogP contribution in [0.5, 0.6) is 0 Å². The monoisotopic (exact) mass is 466 g/mol. The molecule has 0 saturated carbocycles. The minimum Gasteiger partial charge on any atom is -0.395 e. The van der Waals surface area contributed by atoms with Crippen LogP contribution in [0.1, 0.15) is 39.5 Å². The molecule has 0 aliphatic carbocycles. The Morgan fingerprint density at radius 3 is 2.48 bits per heavy atom. The van der Waals surface area contributed by atoms with Gasteiger partial charge in [-0.05, 0) is 25.7 Å². The van der Waals surface area contributed by atoms with Crippen LogP contribution in [-0.4, -0.2) is 109 Å². The van der Waals surface area contributed by atoms with Crippen molar-refractivity contribution in [2.75, 3.05) is 59.1 Å². The third-order valence-electron chi connectivity index (χ3n) is 7.93. The predicted octanol–water partition coefficient (Wildman–Crippen LogP) is -0.892. The quantitative estimate of drug-likeness (QED) is 0.382. The molecule has 1 spiro atoms. The molecular weight excluding hydrogens is 428 g/mol. The number of ether oxygens (including phenoxy) is 2. The van der Waals surface area contributed by atoms with E-state index in [1.54, 1.807) is 0 Å². The van der Waals surface area contributed by atoms with Crippen LogP contribution in [0.2, 0.25) is 0 Å². The lowest BCUT2D eigenvalue weighted by atomic mass is 9.65. The summed E-state index contributed by atoms with van der Waals surface area (Å²) in [6.07, 6.45) is 2.60. The van der Waals surface area contributed by atoms with Crippen LogP contribution >= 0.6 is 0 Å². The molecule has 10 nitrogen and oxygen atoms in total. The Morgan fingerprint density at radius 2 is 1.82 bits per heavy atom. The fourth-order valence-electron chi connectivity index (χ4n) is 6.38. The maximum atomic E-state index is 13.6. The van der Waals surface area contributed by atoms with Crippen molar-refractivity contribution in [1.29, 1.82) is 0 Å². The number of fused-ring (bicyclic) bond motifs is 1. The van der Waals surface area contributed by atoms with E-state index in [9.17, 15) is 19.5 Å². The molecule has 4 fully saturated rings. The Hall–Kier alpha value is -1.75. The zero-order valence-corrected chi connectivity index (χ0v) is 19.8. The maximum Gasteiger partial charge on any atom is 0.245 e. The summed E-state index contributed by atoms with van der Waals surface area (Å²) in [4.78, 5) is 43.9. The standard InChI is InChI=1S/C23H38N4O6/c1-3-7-24-19(29)16-17-21(31)27(10-13-28)18(23(17)6-5-22(16,4-2)33-23)20(30)25-8-9-26-11-14-32-15-12-26/h16-18,28H,3-15H2,1-2H3,(H,24,29)(H,25,30)/t16-,17-,18?,22+,23?/m0/s1. The van der Waals surface area contributed by atoms with Crippen molar-refractivity contribution in [3.8, 4) is 0 Å². The molecule has 4 aliphatic rings. The van der Waals surface area contributed by atoms with Crippen molar-refractivity contribution in [1.82, 2.24) is 20.4 Å². The van der Waals surface area contributed by atoms with Gasteiger partial charge in [0.1, 0.15) is 11.6 Å². The molecule has 0 aromatic heterocycles. The molecule has 0 aromatic rings. The second-order valence-corrected chi connectivity index (χ2v) is 9.62. The zero-order chi connectivity index (χ0) is 23.6. The van der Waals surface area contributed by atoms with Crippen molar-refractivity contribution in [2.24, 2.45) is 11.8 Å². The number of hydrogen-bond donors (Lipinski definition) is 3. The molecule has 4 saturated heterocycles. The number of aliphatic hydroxyl groups excluding tert-OH is 1. The predicted molar refractivity (Wildman–Crippen MR) is 119 cm³/mol. The van der Waals surface area contributed by atoms with Crippen molar-refractivity contribution in [2.45, 2.75) is 56.8 Å². The Morgan fingerprint density at radius 1 is 1.09 bits per heavy atom. The number of morpholine rings is 1. The number of hydrogen-bond acceptors (Lipinski definition) is 7. The summed E-state index contributed by atoms with van der Waals surface area (Å²) < 4.78 is 12.0. The molecule has 4 heterocycles. The molecule has 0 aromatic carbocycles. The molecule has 5 atom stereocenters. The van der Waals surface area contributed by atoms with Crippen LogP contribution in [0.25, 0.3) is 0 Å². The SMILES string of the molecule is CCCNC(=O)[C@@H]1[C@H]2C(=O)N(CCO)C(C(=O)NCCN3CCOCC3)C23CC[C@@]1(CC)O3. The first-order valence-electron chi connectivity index (χ1n) is 12.4. The molecule has 4 aliphatic heterocycles. The van der Waals surface area contributed by atoms with Crippen molar-refractivity contribution in [3.63, 3.8) is 0 Å². The van der Waals surface area contributed by atoms with Gasteiger partial charge in [-0.1, -0.05) is 13.8 Å². The van der Waals surface area contributed by atoms with Crippen LogP contribution < -0.4 is 10.6 Å². The third kappa shape index (κ3) is 4.05. The number of β-amino-alcohol motifs (C(OH)–C–C–N with tert-alkyl or cyclic N) is 1. The van der Waals surface area contributed by atoms with Gasteiger partial charge in [0.15, 0.2) is 0 Å². The number of nitrogens with zero attached hydrogens (tertiary/aromatic N) is 2. The summed E-state index contributed by atoms with van der Waals surface area (Å²) in [5, 5.41) is 15.6. The summed E-state index contributed by atoms with van der Waals surface area (Å²) in [6, 6.07) is -0.843. The average Bonchev–Trinajstić information content (AvgIpc) is 3.42. The van der Waals surface area contributed by atoms with Gasteiger partial charge in [0, 0.05) is 39.3 Å². The van der Waals surface area contributed by atoms with Gasteiger partial charge in [-0.15, -0.1) is 0 Å². The Labute approximate surface area is 195 Å². The molecule has 3 N–H and O–H groups in total. The van der Waals surface area contributed by atoms with Gasteiger partial charge in [-0.25, -0.2) is 0 Å². The van der Waals surface area contributed by atoms with Gasteiger partial charge in [0.2, 0.25) is 17.7 Å². The first kappa shape index (κ1) is 24.4. The molecule has 186 valence electrons. The highest BCUT2D eigenvalue weighted by Gasteiger charge is 2.78. The zero-order valence-electron chi connectivity index (χ0n) is 19.8. The summed E-state index contributed by atoms with van der Waals surface area (Å²) in [6.45, 7) is 8.49. The van der Waals surface area contributed by atoms with E-state index in [2.05, 4.69) is 15.5 Å². The molecule has 0 radical (unpaired) electrons. The summed E-state index contributed by atoms with van der Waals surface area (Å²) in [7, 11) is 0. The van der Waals surface area contributed by atoms with Crippen LogP contribution in [0.4, 0.5) is 0 Å². The number of amides is 3. The molecular formula is C23H38N4O6. The van der Waals surface area contributed by atoms with Gasteiger partial charge in [0.05, 0.1) is 37.3 Å². The van der Waals surface area contributed by atoms with Gasteiger partial charge >= 0.3 is 0 Å². The fourth-order valence-corrected chi connectivity index (χ4v) is 6.38. The largest absolute Gasteiger partial charge is 0.395 e. The van der Waals surface area contributed by atoms with E-state index in [4.69, 9.17) is 9.47 Å². The molecule has 10 heteroatoms. The number of rotatable bonds is 10. The second kappa shape index (κ2) is 9.85. The Kier molecular flexibility index (Phi) is 7.28. The van der Waals surface area contributed by atoms with Crippen LogP contribution in [-0.2, 0) is 23.9 Å². The van der Waals surface area contributed by atoms with E-state index in [0.29, 0.717) is 52.1 Å². The average molecular weight is 467 g/mol. The Bertz CT molecular complexity index is 759. The highest BCUT2D eigenvalue weighted by Crippen LogP contribution is 2.64. The lowest BCUT2D eigenvalue weighted by Gasteiger charge is -2.33. The van der Waals surface area contributed by atoms with E-state index in [1.807, 2.05) is 13.8 Å². The third-order valence-corrected chi connectivity index (χ3v) is 7.93. The smallest absolute Gasteiger partial charge is 0.245 e. The number of nitrogens with one attached hydrogen (secondary N) is 2. The molecule has 2 unspecified atom stereocenters. The van der Waals surface area contributed by atoms with E-state index in [-0.39, 0.29) is 30.9 Å². The number of carbonyl (C=O) groups is 3. The fraction of sp³-hybridized carbons (Fsp3) is 0.870. The van der Waals surface area contributed by atoms with Gasteiger partial charge < -0.3 is 30.1 Å². The highest BCUT2D eigenvalue weighted by molar-refractivity contribution is 5.99. The van der Waals surface area contributed by atoms with Gasteiger partial charge in [0.25, 0.3) is 0 Å². The van der Waals surface area contributed by atoms with E-state index in [0.717, 1.165) is 19.5 Å². The van der Waals surface area contributed by atoms with Crippen LogP contribution in [0, 0.1) is 11.8 Å². The first-order valence-corrected chi connectivity index (χ1v) is 12.4. The molecule has 4 rings (SSSR count). The molecule has 33 heavy (non-hydrogen) atoms. The van der Waals surface area contributed by atoms with Crippen LogP contribution in [0.15, 0.2) is 0 Å². The van der Waals surface area contributed by atoms with Gasteiger partial charge in [-0.2, -0.15) is 0 Å². The summed E-state index contributed by atoms with van der Waals surface area (Å²) in [5.41, 5.74) is -1.75. The molecule has 3 amide bonds. The number of carbonyl (C=O) groups excluding carboxylic acids is 3. The van der Waals surface area contributed by atoms with Crippen molar-refractivity contribution in [3.05, 3.63) is 0 Å². The van der Waals surface area contributed by atoms with E-state index < -0.39 is 29.1 Å². The lowest BCUT2D eigenvalue weighted by molar-refractivity contribution is -0.148. The lowest BCUT2D eigenvalue weighted by Crippen LogP contribution is -2.56. The second-order valence-electron chi connectivity index (χ2n) is 9.62. The minimum absolute atomic E-state index is 0.0460. The highest BCUT2D eigenvalue weighted by atomic mass is 16.5. The number of aliphatic hydroxyl groups is 1. The summed E-state index contributed by atoms with van der Waals surface area (Å²) >= 11 is 0.